The van der Waals surface area contributed by atoms with Crippen LogP contribution >= 0.6 is 15.9 Å². The molecule has 13 heavy (non-hydrogen) atoms. The molecular formula is C10H8BrNO. The number of halogens is 1. The van der Waals surface area contributed by atoms with E-state index in [1.165, 1.54) is 0 Å². The fraction of sp³-hybridized carbons (Fsp3) is 0.100. The van der Waals surface area contributed by atoms with Gasteiger partial charge in [0, 0.05) is 15.9 Å². The number of methoxy groups -OCH3 is 1. The van der Waals surface area contributed by atoms with Gasteiger partial charge in [-0.2, -0.15) is 0 Å². The van der Waals surface area contributed by atoms with E-state index in [9.17, 15) is 0 Å². The van der Waals surface area contributed by atoms with Gasteiger partial charge in [-0.05, 0) is 22.0 Å². The summed E-state index contributed by atoms with van der Waals surface area (Å²) in [6, 6.07) is 9.79. The lowest BCUT2D eigenvalue weighted by atomic mass is 10.2. The third-order valence-corrected chi connectivity index (χ3v) is 2.51. The summed E-state index contributed by atoms with van der Waals surface area (Å²) in [6.07, 6.45) is 0. The highest BCUT2D eigenvalue weighted by atomic mass is 79.9. The van der Waals surface area contributed by atoms with Gasteiger partial charge in [-0.15, -0.1) is 0 Å². The van der Waals surface area contributed by atoms with Crippen LogP contribution in [0.2, 0.25) is 0 Å². The quantitative estimate of drug-likeness (QED) is 0.761. The first-order valence-corrected chi connectivity index (χ1v) is 4.70. The van der Waals surface area contributed by atoms with Crippen LogP contribution in [0.5, 0.6) is 5.88 Å². The van der Waals surface area contributed by atoms with Crippen LogP contribution in [0.4, 0.5) is 0 Å². The number of nitrogens with zero attached hydrogens (tertiary/aromatic N) is 1. The van der Waals surface area contributed by atoms with Crippen LogP contribution in [-0.4, -0.2) is 12.1 Å². The fourth-order valence-electron chi connectivity index (χ4n) is 1.21. The number of para-hydroxylation sites is 1. The van der Waals surface area contributed by atoms with Gasteiger partial charge in [-0.1, -0.05) is 18.2 Å². The molecule has 1 aromatic heterocycles. The smallest absolute Gasteiger partial charge is 0.214 e. The summed E-state index contributed by atoms with van der Waals surface area (Å²) in [6.45, 7) is 0. The third-order valence-electron chi connectivity index (χ3n) is 1.85. The lowest BCUT2D eigenvalue weighted by Gasteiger charge is -2.03. The predicted molar refractivity (Wildman–Crippen MR) is 56.0 cm³/mol. The van der Waals surface area contributed by atoms with Crippen LogP contribution in [0.15, 0.2) is 34.8 Å². The molecule has 0 saturated carbocycles. The van der Waals surface area contributed by atoms with Crippen molar-refractivity contribution in [2.24, 2.45) is 0 Å². The molecule has 0 radical (unpaired) electrons. The highest BCUT2D eigenvalue weighted by Crippen LogP contribution is 2.25. The van der Waals surface area contributed by atoms with E-state index < -0.39 is 0 Å². The second kappa shape index (κ2) is 3.34. The van der Waals surface area contributed by atoms with E-state index in [0.717, 1.165) is 15.4 Å². The lowest BCUT2D eigenvalue weighted by molar-refractivity contribution is 0.399. The minimum Gasteiger partial charge on any atom is -0.481 e. The Balaban J connectivity index is 2.77. The van der Waals surface area contributed by atoms with Crippen molar-refractivity contribution >= 4 is 26.8 Å². The van der Waals surface area contributed by atoms with Crippen molar-refractivity contribution in [1.82, 2.24) is 4.98 Å². The Morgan fingerprint density at radius 3 is 2.85 bits per heavy atom. The van der Waals surface area contributed by atoms with Gasteiger partial charge >= 0.3 is 0 Å². The summed E-state index contributed by atoms with van der Waals surface area (Å²) in [5, 5.41) is 1.10. The number of pyridine rings is 1. The SMILES string of the molecule is COc1cc(Br)c2ccccc2n1. The van der Waals surface area contributed by atoms with Crippen molar-refractivity contribution in [2.45, 2.75) is 0 Å². The zero-order valence-corrected chi connectivity index (χ0v) is 8.71. The van der Waals surface area contributed by atoms with Crippen LogP contribution in [0, 0.1) is 0 Å². The molecule has 0 bridgehead atoms. The Labute approximate surface area is 84.7 Å². The Morgan fingerprint density at radius 1 is 1.31 bits per heavy atom. The molecule has 2 aromatic rings. The van der Waals surface area contributed by atoms with E-state index in [1.807, 2.05) is 30.3 Å². The first kappa shape index (κ1) is 8.51. The van der Waals surface area contributed by atoms with E-state index >= 15 is 0 Å². The zero-order valence-electron chi connectivity index (χ0n) is 7.12. The maximum atomic E-state index is 5.06. The van der Waals surface area contributed by atoms with Crippen LogP contribution in [0.25, 0.3) is 10.9 Å². The van der Waals surface area contributed by atoms with Gasteiger partial charge in [0.1, 0.15) is 0 Å². The summed E-state index contributed by atoms with van der Waals surface area (Å²) < 4.78 is 6.07. The fourth-order valence-corrected chi connectivity index (χ4v) is 1.75. The van der Waals surface area contributed by atoms with Gasteiger partial charge in [0.05, 0.1) is 12.6 Å². The summed E-state index contributed by atoms with van der Waals surface area (Å²) >= 11 is 3.47. The molecule has 1 aromatic carbocycles. The second-order valence-electron chi connectivity index (χ2n) is 2.66. The molecule has 0 unspecified atom stereocenters. The van der Waals surface area contributed by atoms with Gasteiger partial charge in [-0.3, -0.25) is 0 Å². The van der Waals surface area contributed by atoms with E-state index in [4.69, 9.17) is 4.74 Å². The standard InChI is InChI=1S/C10H8BrNO/c1-13-10-6-8(11)7-4-2-3-5-9(7)12-10/h2-6H,1H3. The first-order valence-electron chi connectivity index (χ1n) is 3.90. The van der Waals surface area contributed by atoms with Gasteiger partial charge in [0.25, 0.3) is 0 Å². The van der Waals surface area contributed by atoms with Crippen molar-refractivity contribution in [2.75, 3.05) is 7.11 Å². The molecule has 0 amide bonds. The van der Waals surface area contributed by atoms with Crippen LogP contribution in [0.1, 0.15) is 0 Å². The number of benzene rings is 1. The molecule has 3 heteroatoms. The zero-order chi connectivity index (χ0) is 9.26. The highest BCUT2D eigenvalue weighted by molar-refractivity contribution is 9.10. The number of aromatic nitrogens is 1. The van der Waals surface area contributed by atoms with Gasteiger partial charge < -0.3 is 4.74 Å². The van der Waals surface area contributed by atoms with Crippen LogP contribution < -0.4 is 4.74 Å². The molecule has 0 aliphatic carbocycles. The van der Waals surface area contributed by atoms with Gasteiger partial charge in [0.2, 0.25) is 5.88 Å². The number of hydrogen-bond acceptors (Lipinski definition) is 2. The number of fused-ring (bicyclic) bond motifs is 1. The Kier molecular flexibility index (Phi) is 2.19. The van der Waals surface area contributed by atoms with Gasteiger partial charge in [0.15, 0.2) is 0 Å². The summed E-state index contributed by atoms with van der Waals surface area (Å²) in [7, 11) is 1.61. The second-order valence-corrected chi connectivity index (χ2v) is 3.52. The number of rotatable bonds is 1. The maximum absolute atomic E-state index is 5.06. The van der Waals surface area contributed by atoms with Crippen LogP contribution in [0.3, 0.4) is 0 Å². The highest BCUT2D eigenvalue weighted by Gasteiger charge is 2.01. The monoisotopic (exact) mass is 237 g/mol. The summed E-state index contributed by atoms with van der Waals surface area (Å²) in [5.41, 5.74) is 0.939. The molecule has 0 aliphatic heterocycles. The molecule has 0 saturated heterocycles. The summed E-state index contributed by atoms with van der Waals surface area (Å²) in [5.74, 6) is 0.630. The molecule has 0 aliphatic rings. The minimum atomic E-state index is 0.630. The van der Waals surface area contributed by atoms with E-state index in [-0.39, 0.29) is 0 Å². The third kappa shape index (κ3) is 1.52. The summed E-state index contributed by atoms with van der Waals surface area (Å²) in [4.78, 5) is 4.30. The molecule has 2 rings (SSSR count). The average Bonchev–Trinajstić information content (AvgIpc) is 2.18. The van der Waals surface area contributed by atoms with Crippen molar-refractivity contribution < 1.29 is 4.74 Å². The largest absolute Gasteiger partial charge is 0.481 e. The Bertz CT molecular complexity index is 442. The molecule has 0 spiro atoms. The molecule has 0 N–H and O–H groups in total. The lowest BCUT2D eigenvalue weighted by Crippen LogP contribution is -1.88. The first-order chi connectivity index (χ1) is 6.31. The van der Waals surface area contributed by atoms with Crippen LogP contribution in [-0.2, 0) is 0 Å². The Morgan fingerprint density at radius 2 is 2.08 bits per heavy atom. The maximum Gasteiger partial charge on any atom is 0.214 e. The average molecular weight is 238 g/mol. The van der Waals surface area contributed by atoms with Gasteiger partial charge in [-0.25, -0.2) is 4.98 Å². The van der Waals surface area contributed by atoms with Crippen molar-refractivity contribution in [3.8, 4) is 5.88 Å². The number of ether oxygens (including phenoxy) is 1. The molecule has 0 atom stereocenters. The minimum absolute atomic E-state index is 0.630. The van der Waals surface area contributed by atoms with Crippen molar-refractivity contribution in [3.05, 3.63) is 34.8 Å². The number of hydrogen-bond donors (Lipinski definition) is 0. The van der Waals surface area contributed by atoms with E-state index in [2.05, 4.69) is 20.9 Å². The van der Waals surface area contributed by atoms with E-state index in [0.29, 0.717) is 5.88 Å². The van der Waals surface area contributed by atoms with E-state index in [1.54, 1.807) is 7.11 Å². The molecule has 66 valence electrons. The van der Waals surface area contributed by atoms with Crippen molar-refractivity contribution in [1.29, 1.82) is 0 Å². The predicted octanol–water partition coefficient (Wildman–Crippen LogP) is 3.01. The molecule has 0 fully saturated rings. The van der Waals surface area contributed by atoms with Crippen molar-refractivity contribution in [3.63, 3.8) is 0 Å². The molecule has 1 heterocycles. The topological polar surface area (TPSA) is 22.1 Å². The Hall–Kier alpha value is -1.09. The molecular weight excluding hydrogens is 230 g/mol. The normalized spacial score (nSPS) is 10.3. The molecule has 2 nitrogen and oxygen atoms in total.